The molecule has 0 unspecified atom stereocenters. The molecule has 2 saturated heterocycles. The topological polar surface area (TPSA) is 43.9 Å². The normalized spacial score (nSPS) is 24.5. The minimum Gasteiger partial charge on any atom is -0.341 e. The number of rotatable bonds is 5. The number of carbonyl (C=O) groups is 2. The lowest BCUT2D eigenvalue weighted by molar-refractivity contribution is -0.138. The summed E-state index contributed by atoms with van der Waals surface area (Å²) in [7, 11) is 0. The minimum atomic E-state index is -0.0492. The predicted octanol–water partition coefficient (Wildman–Crippen LogP) is 2.11. The van der Waals surface area contributed by atoms with Crippen LogP contribution in [0.15, 0.2) is 0 Å². The van der Waals surface area contributed by atoms with Gasteiger partial charge in [0.1, 0.15) is 0 Å². The number of likely N-dealkylation sites (tertiary alicyclic amines) is 1. The second kappa shape index (κ2) is 8.32. The fourth-order valence-electron chi connectivity index (χ4n) is 3.96. The Morgan fingerprint density at radius 2 is 1.50 bits per heavy atom. The molecular formula is C19H33N3O2. The lowest BCUT2D eigenvalue weighted by Gasteiger charge is -2.39. The molecule has 0 radical (unpaired) electrons. The highest BCUT2D eigenvalue weighted by Crippen LogP contribution is 2.33. The molecule has 0 bridgehead atoms. The third-order valence-corrected chi connectivity index (χ3v) is 5.95. The molecule has 0 aromatic heterocycles. The summed E-state index contributed by atoms with van der Waals surface area (Å²) in [5.41, 5.74) is 0. The van der Waals surface area contributed by atoms with Crippen molar-refractivity contribution in [2.45, 2.75) is 64.3 Å². The van der Waals surface area contributed by atoms with Gasteiger partial charge < -0.3 is 9.80 Å². The Morgan fingerprint density at radius 3 is 2.08 bits per heavy atom. The van der Waals surface area contributed by atoms with Crippen LogP contribution in [0.5, 0.6) is 0 Å². The number of nitrogens with zero attached hydrogens (tertiary/aromatic N) is 3. The first-order valence-corrected chi connectivity index (χ1v) is 9.96. The molecule has 1 atom stereocenters. The van der Waals surface area contributed by atoms with Crippen molar-refractivity contribution in [3.63, 3.8) is 0 Å². The molecule has 136 valence electrons. The molecule has 2 aliphatic heterocycles. The zero-order valence-electron chi connectivity index (χ0n) is 15.2. The zero-order chi connectivity index (χ0) is 16.9. The molecule has 1 aliphatic carbocycles. The molecule has 24 heavy (non-hydrogen) atoms. The molecule has 5 heteroatoms. The van der Waals surface area contributed by atoms with Crippen LogP contribution in [-0.2, 0) is 9.59 Å². The van der Waals surface area contributed by atoms with Gasteiger partial charge in [-0.2, -0.15) is 0 Å². The number of carbonyl (C=O) groups excluding carboxylic acids is 2. The number of amides is 2. The Labute approximate surface area is 146 Å². The lowest BCUT2D eigenvalue weighted by atomic mass is 10.1. The quantitative estimate of drug-likeness (QED) is 0.773. The van der Waals surface area contributed by atoms with Gasteiger partial charge in [-0.3, -0.25) is 14.5 Å². The lowest BCUT2D eigenvalue weighted by Crippen LogP contribution is -2.55. The largest absolute Gasteiger partial charge is 0.341 e. The maximum atomic E-state index is 12.8. The fourth-order valence-corrected chi connectivity index (χ4v) is 3.96. The second-order valence-corrected chi connectivity index (χ2v) is 7.81. The van der Waals surface area contributed by atoms with Crippen LogP contribution in [0, 0.1) is 5.92 Å². The summed E-state index contributed by atoms with van der Waals surface area (Å²) in [6, 6.07) is -0.0492. The summed E-state index contributed by atoms with van der Waals surface area (Å²) in [5, 5.41) is 0. The van der Waals surface area contributed by atoms with Crippen LogP contribution < -0.4 is 0 Å². The maximum Gasteiger partial charge on any atom is 0.239 e. The molecule has 1 saturated carbocycles. The SMILES string of the molecule is C[C@H](C(=O)N1CCCCCC1)N1CCN(C(=O)CCC2CC2)CC1. The van der Waals surface area contributed by atoms with Gasteiger partial charge in [-0.1, -0.05) is 25.7 Å². The molecule has 0 aromatic carbocycles. The number of piperazine rings is 1. The van der Waals surface area contributed by atoms with Crippen molar-refractivity contribution in [1.82, 2.24) is 14.7 Å². The Balaban J connectivity index is 1.42. The van der Waals surface area contributed by atoms with Gasteiger partial charge in [0.05, 0.1) is 6.04 Å². The van der Waals surface area contributed by atoms with Crippen LogP contribution in [0.3, 0.4) is 0 Å². The minimum absolute atomic E-state index is 0.0492. The molecule has 5 nitrogen and oxygen atoms in total. The van der Waals surface area contributed by atoms with Crippen LogP contribution >= 0.6 is 0 Å². The van der Waals surface area contributed by atoms with E-state index in [2.05, 4.69) is 9.80 Å². The second-order valence-electron chi connectivity index (χ2n) is 7.81. The van der Waals surface area contributed by atoms with Crippen molar-refractivity contribution in [2.75, 3.05) is 39.3 Å². The van der Waals surface area contributed by atoms with Gasteiger partial charge in [0, 0.05) is 45.7 Å². The van der Waals surface area contributed by atoms with E-state index in [-0.39, 0.29) is 11.9 Å². The molecule has 2 amide bonds. The fraction of sp³-hybridized carbons (Fsp3) is 0.895. The van der Waals surface area contributed by atoms with Crippen LogP contribution in [0.4, 0.5) is 0 Å². The van der Waals surface area contributed by atoms with E-state index in [1.165, 1.54) is 25.7 Å². The Bertz CT molecular complexity index is 434. The Hall–Kier alpha value is -1.10. The van der Waals surface area contributed by atoms with Crippen LogP contribution in [-0.4, -0.2) is 71.8 Å². The average Bonchev–Trinajstić information content (AvgIpc) is 3.45. The number of hydrogen-bond acceptors (Lipinski definition) is 3. The summed E-state index contributed by atoms with van der Waals surface area (Å²) in [4.78, 5) is 31.3. The summed E-state index contributed by atoms with van der Waals surface area (Å²) in [6.45, 7) is 7.09. The van der Waals surface area contributed by atoms with Crippen LogP contribution in [0.25, 0.3) is 0 Å². The van der Waals surface area contributed by atoms with Crippen molar-refractivity contribution in [3.05, 3.63) is 0 Å². The van der Waals surface area contributed by atoms with E-state index in [9.17, 15) is 9.59 Å². The van der Waals surface area contributed by atoms with E-state index in [0.717, 1.165) is 64.4 Å². The van der Waals surface area contributed by atoms with Crippen molar-refractivity contribution < 1.29 is 9.59 Å². The zero-order valence-corrected chi connectivity index (χ0v) is 15.2. The first-order chi connectivity index (χ1) is 11.6. The van der Waals surface area contributed by atoms with Crippen molar-refractivity contribution >= 4 is 11.8 Å². The molecule has 3 fully saturated rings. The van der Waals surface area contributed by atoms with Crippen molar-refractivity contribution in [2.24, 2.45) is 5.92 Å². The standard InChI is InChI=1S/C19H33N3O2/c1-16(19(24)22-10-4-2-3-5-11-22)20-12-14-21(15-13-20)18(23)9-8-17-6-7-17/h16-17H,2-15H2,1H3/t16-/m1/s1. The first-order valence-electron chi connectivity index (χ1n) is 9.96. The summed E-state index contributed by atoms with van der Waals surface area (Å²) in [5.74, 6) is 1.42. The van der Waals surface area contributed by atoms with Crippen LogP contribution in [0.1, 0.15) is 58.3 Å². The molecule has 0 spiro atoms. The van der Waals surface area contributed by atoms with Crippen molar-refractivity contribution in [3.8, 4) is 0 Å². The van der Waals surface area contributed by atoms with Gasteiger partial charge >= 0.3 is 0 Å². The van der Waals surface area contributed by atoms with Crippen LogP contribution in [0.2, 0.25) is 0 Å². The van der Waals surface area contributed by atoms with Gasteiger partial charge in [-0.25, -0.2) is 0 Å². The van der Waals surface area contributed by atoms with Crippen molar-refractivity contribution in [1.29, 1.82) is 0 Å². The summed E-state index contributed by atoms with van der Waals surface area (Å²) in [6.07, 6.45) is 9.20. The Morgan fingerprint density at radius 1 is 0.875 bits per heavy atom. The van der Waals surface area contributed by atoms with E-state index in [1.54, 1.807) is 0 Å². The molecule has 0 N–H and O–H groups in total. The first kappa shape index (κ1) is 17.7. The highest BCUT2D eigenvalue weighted by Gasteiger charge is 2.30. The molecule has 3 aliphatic rings. The highest BCUT2D eigenvalue weighted by atomic mass is 16.2. The molecule has 0 aromatic rings. The smallest absolute Gasteiger partial charge is 0.239 e. The molecule has 2 heterocycles. The van der Waals surface area contributed by atoms with Gasteiger partial charge in [0.2, 0.25) is 11.8 Å². The van der Waals surface area contributed by atoms with Gasteiger partial charge in [-0.15, -0.1) is 0 Å². The molecular weight excluding hydrogens is 302 g/mol. The van der Waals surface area contributed by atoms with Gasteiger partial charge in [0.25, 0.3) is 0 Å². The van der Waals surface area contributed by atoms with E-state index in [4.69, 9.17) is 0 Å². The monoisotopic (exact) mass is 335 g/mol. The summed E-state index contributed by atoms with van der Waals surface area (Å²) < 4.78 is 0. The van der Waals surface area contributed by atoms with E-state index in [0.29, 0.717) is 12.3 Å². The van der Waals surface area contributed by atoms with E-state index < -0.39 is 0 Å². The number of hydrogen-bond donors (Lipinski definition) is 0. The molecule has 3 rings (SSSR count). The third-order valence-electron chi connectivity index (χ3n) is 5.95. The summed E-state index contributed by atoms with van der Waals surface area (Å²) >= 11 is 0. The van der Waals surface area contributed by atoms with E-state index >= 15 is 0 Å². The highest BCUT2D eigenvalue weighted by molar-refractivity contribution is 5.81. The maximum absolute atomic E-state index is 12.8. The Kier molecular flexibility index (Phi) is 6.14. The predicted molar refractivity (Wildman–Crippen MR) is 94.6 cm³/mol. The van der Waals surface area contributed by atoms with Gasteiger partial charge in [-0.05, 0) is 32.1 Å². The van der Waals surface area contributed by atoms with E-state index in [1.807, 2.05) is 11.8 Å². The average molecular weight is 335 g/mol. The van der Waals surface area contributed by atoms with Gasteiger partial charge in [0.15, 0.2) is 0 Å². The third kappa shape index (κ3) is 4.71.